The fraction of sp³-hybridized carbons (Fsp3) is 0.471. The third kappa shape index (κ3) is 4.60. The van der Waals surface area contributed by atoms with Crippen LogP contribution in [0.5, 0.6) is 0 Å². The van der Waals surface area contributed by atoms with Crippen LogP contribution < -0.4 is 5.32 Å². The molecule has 0 aliphatic heterocycles. The van der Waals surface area contributed by atoms with Gasteiger partial charge in [-0.15, -0.1) is 0 Å². The highest BCUT2D eigenvalue weighted by Gasteiger charge is 2.09. The molecule has 21 heavy (non-hydrogen) atoms. The molecule has 0 spiro atoms. The van der Waals surface area contributed by atoms with Crippen molar-refractivity contribution in [1.29, 1.82) is 0 Å². The first-order valence-corrected chi connectivity index (χ1v) is 7.51. The fourth-order valence-corrected chi connectivity index (χ4v) is 2.42. The first-order chi connectivity index (χ1) is 10.1. The predicted octanol–water partition coefficient (Wildman–Crippen LogP) is 2.62. The van der Waals surface area contributed by atoms with Gasteiger partial charge in [-0.3, -0.25) is 4.98 Å². The number of rotatable bonds is 6. The Morgan fingerprint density at radius 1 is 1.14 bits per heavy atom. The molecular formula is C17H24N4. The second-order valence-corrected chi connectivity index (χ2v) is 5.69. The van der Waals surface area contributed by atoms with Crippen molar-refractivity contribution < 1.29 is 0 Å². The topological polar surface area (TPSA) is 50.7 Å². The number of nitrogens with zero attached hydrogens (tertiary/aromatic N) is 3. The van der Waals surface area contributed by atoms with Crippen molar-refractivity contribution in [2.24, 2.45) is 0 Å². The van der Waals surface area contributed by atoms with E-state index in [9.17, 15) is 0 Å². The van der Waals surface area contributed by atoms with Crippen LogP contribution in [0, 0.1) is 13.8 Å². The molecule has 0 aliphatic rings. The minimum absolute atomic E-state index is 0.511. The number of aromatic nitrogens is 3. The van der Waals surface area contributed by atoms with E-state index >= 15 is 0 Å². The zero-order chi connectivity index (χ0) is 15.2. The predicted molar refractivity (Wildman–Crippen MR) is 85.4 cm³/mol. The van der Waals surface area contributed by atoms with Gasteiger partial charge < -0.3 is 5.32 Å². The third-order valence-corrected chi connectivity index (χ3v) is 3.48. The molecule has 0 unspecified atom stereocenters. The van der Waals surface area contributed by atoms with E-state index in [1.54, 1.807) is 6.20 Å². The molecule has 0 radical (unpaired) electrons. The van der Waals surface area contributed by atoms with Gasteiger partial charge in [-0.05, 0) is 44.0 Å². The maximum atomic E-state index is 4.66. The van der Waals surface area contributed by atoms with E-state index in [1.807, 2.05) is 12.3 Å². The summed E-state index contributed by atoms with van der Waals surface area (Å²) in [6.45, 7) is 9.43. The number of hydrogen-bond donors (Lipinski definition) is 1. The average molecular weight is 284 g/mol. The summed E-state index contributed by atoms with van der Waals surface area (Å²) in [4.78, 5) is 13.5. The lowest BCUT2D eigenvalue weighted by molar-refractivity contribution is 0.587. The molecule has 2 aromatic heterocycles. The largest absolute Gasteiger partial charge is 0.314 e. The second kappa shape index (κ2) is 7.27. The van der Waals surface area contributed by atoms with Gasteiger partial charge in [-0.1, -0.05) is 19.9 Å². The van der Waals surface area contributed by atoms with E-state index in [2.05, 4.69) is 54.0 Å². The summed E-state index contributed by atoms with van der Waals surface area (Å²) in [6, 6.07) is 4.51. The molecule has 0 atom stereocenters. The van der Waals surface area contributed by atoms with Crippen LogP contribution in [-0.4, -0.2) is 27.5 Å². The highest BCUT2D eigenvalue weighted by atomic mass is 14.9. The summed E-state index contributed by atoms with van der Waals surface area (Å²) in [5.41, 5.74) is 4.59. The molecule has 4 heteroatoms. The van der Waals surface area contributed by atoms with Crippen molar-refractivity contribution in [1.82, 2.24) is 20.3 Å². The van der Waals surface area contributed by atoms with E-state index in [1.165, 1.54) is 5.56 Å². The molecule has 0 aliphatic carbocycles. The van der Waals surface area contributed by atoms with Gasteiger partial charge in [0.2, 0.25) is 0 Å². The Hall–Kier alpha value is -1.81. The highest BCUT2D eigenvalue weighted by molar-refractivity contribution is 5.26. The number of pyridine rings is 1. The monoisotopic (exact) mass is 284 g/mol. The number of hydrogen-bond acceptors (Lipinski definition) is 4. The molecule has 1 N–H and O–H groups in total. The van der Waals surface area contributed by atoms with Gasteiger partial charge in [-0.25, -0.2) is 9.97 Å². The summed E-state index contributed by atoms with van der Waals surface area (Å²) in [5, 5.41) is 3.44. The van der Waals surface area contributed by atoms with E-state index in [4.69, 9.17) is 0 Å². The Balaban J connectivity index is 2.09. The number of nitrogens with one attached hydrogen (secondary N) is 1. The molecular weight excluding hydrogens is 260 g/mol. The third-order valence-electron chi connectivity index (χ3n) is 3.48. The standard InChI is InChI=1S/C17H24N4/c1-12(2)19-9-7-16-13(3)20-17(21-14(16)4)10-15-6-5-8-18-11-15/h5-6,8,11-12,19H,7,9-10H2,1-4H3. The van der Waals surface area contributed by atoms with Crippen molar-refractivity contribution in [3.63, 3.8) is 0 Å². The maximum Gasteiger partial charge on any atom is 0.133 e. The lowest BCUT2D eigenvalue weighted by Gasteiger charge is -2.13. The zero-order valence-corrected chi connectivity index (χ0v) is 13.3. The van der Waals surface area contributed by atoms with Crippen molar-refractivity contribution in [3.05, 3.63) is 52.9 Å². The minimum Gasteiger partial charge on any atom is -0.314 e. The van der Waals surface area contributed by atoms with Gasteiger partial charge in [0, 0.05) is 36.2 Å². The second-order valence-electron chi connectivity index (χ2n) is 5.69. The van der Waals surface area contributed by atoms with Crippen molar-refractivity contribution in [2.45, 2.75) is 46.6 Å². The van der Waals surface area contributed by atoms with Gasteiger partial charge in [0.15, 0.2) is 0 Å². The summed E-state index contributed by atoms with van der Waals surface area (Å²) >= 11 is 0. The molecule has 4 nitrogen and oxygen atoms in total. The first-order valence-electron chi connectivity index (χ1n) is 7.51. The Morgan fingerprint density at radius 3 is 2.43 bits per heavy atom. The van der Waals surface area contributed by atoms with E-state index in [-0.39, 0.29) is 0 Å². The smallest absolute Gasteiger partial charge is 0.133 e. The average Bonchev–Trinajstić information content (AvgIpc) is 2.42. The molecule has 0 bridgehead atoms. The van der Waals surface area contributed by atoms with Crippen LogP contribution in [0.1, 0.15) is 42.2 Å². The van der Waals surface area contributed by atoms with Gasteiger partial charge in [0.25, 0.3) is 0 Å². The van der Waals surface area contributed by atoms with Crippen LogP contribution in [0.25, 0.3) is 0 Å². The van der Waals surface area contributed by atoms with Gasteiger partial charge >= 0.3 is 0 Å². The molecule has 0 fully saturated rings. The normalized spacial score (nSPS) is 11.1. The van der Waals surface area contributed by atoms with E-state index < -0.39 is 0 Å². The van der Waals surface area contributed by atoms with Gasteiger partial charge in [0.05, 0.1) is 0 Å². The molecule has 112 valence electrons. The van der Waals surface area contributed by atoms with E-state index in [0.717, 1.165) is 42.2 Å². The van der Waals surface area contributed by atoms with Crippen molar-refractivity contribution in [3.8, 4) is 0 Å². The molecule has 0 saturated heterocycles. The Bertz CT molecular complexity index is 556. The van der Waals surface area contributed by atoms with Crippen LogP contribution in [0.3, 0.4) is 0 Å². The molecule has 0 saturated carbocycles. The highest BCUT2D eigenvalue weighted by Crippen LogP contribution is 2.13. The fourth-order valence-electron chi connectivity index (χ4n) is 2.42. The Labute approximate surface area is 127 Å². The van der Waals surface area contributed by atoms with Crippen molar-refractivity contribution in [2.75, 3.05) is 6.54 Å². The van der Waals surface area contributed by atoms with Gasteiger partial charge in [0.1, 0.15) is 5.82 Å². The minimum atomic E-state index is 0.511. The molecule has 2 heterocycles. The molecule has 0 amide bonds. The van der Waals surface area contributed by atoms with Crippen molar-refractivity contribution >= 4 is 0 Å². The lowest BCUT2D eigenvalue weighted by Crippen LogP contribution is -2.25. The molecule has 0 aromatic carbocycles. The Morgan fingerprint density at radius 2 is 1.86 bits per heavy atom. The Kier molecular flexibility index (Phi) is 5.39. The molecule has 2 aromatic rings. The SMILES string of the molecule is Cc1nc(Cc2cccnc2)nc(C)c1CCNC(C)C. The van der Waals surface area contributed by atoms with Crippen LogP contribution in [0.15, 0.2) is 24.5 Å². The van der Waals surface area contributed by atoms with E-state index in [0.29, 0.717) is 6.04 Å². The maximum absolute atomic E-state index is 4.66. The van der Waals surface area contributed by atoms with Crippen LogP contribution >= 0.6 is 0 Å². The molecule has 2 rings (SSSR count). The first kappa shape index (κ1) is 15.6. The number of aryl methyl sites for hydroxylation is 2. The lowest BCUT2D eigenvalue weighted by atomic mass is 10.1. The summed E-state index contributed by atoms with van der Waals surface area (Å²) < 4.78 is 0. The van der Waals surface area contributed by atoms with Crippen LogP contribution in [0.4, 0.5) is 0 Å². The quantitative estimate of drug-likeness (QED) is 0.886. The summed E-state index contributed by atoms with van der Waals surface area (Å²) in [6.07, 6.45) is 5.36. The van der Waals surface area contributed by atoms with Crippen LogP contribution in [0.2, 0.25) is 0 Å². The van der Waals surface area contributed by atoms with Crippen LogP contribution in [-0.2, 0) is 12.8 Å². The van der Waals surface area contributed by atoms with Gasteiger partial charge in [-0.2, -0.15) is 0 Å². The summed E-state index contributed by atoms with van der Waals surface area (Å²) in [5.74, 6) is 0.874. The zero-order valence-electron chi connectivity index (χ0n) is 13.3. The summed E-state index contributed by atoms with van der Waals surface area (Å²) in [7, 11) is 0.